The third-order valence-electron chi connectivity index (χ3n) is 2.12. The largest absolute Gasteiger partial charge is 0.481 e. The van der Waals surface area contributed by atoms with E-state index in [1.807, 2.05) is 0 Å². The van der Waals surface area contributed by atoms with Crippen LogP contribution in [-0.4, -0.2) is 38.9 Å². The maximum atomic E-state index is 11.9. The van der Waals surface area contributed by atoms with Crippen LogP contribution < -0.4 is 4.90 Å². The number of carboxylic acid groups (broad SMARTS) is 1. The second-order valence-electron chi connectivity index (χ2n) is 3.28. The number of hydrogen-bond acceptors (Lipinski definition) is 6. The fourth-order valence-electron chi connectivity index (χ4n) is 1.43. The molecule has 1 saturated heterocycles. The predicted octanol–water partition coefficient (Wildman–Crippen LogP) is 0.593. The van der Waals surface area contributed by atoms with E-state index in [4.69, 9.17) is 5.11 Å². The molecule has 0 radical (unpaired) electrons. The van der Waals surface area contributed by atoms with Gasteiger partial charge in [0, 0.05) is 18.0 Å². The van der Waals surface area contributed by atoms with Crippen LogP contribution >= 0.6 is 23.1 Å². The second-order valence-corrected chi connectivity index (χ2v) is 5.34. The number of thioether (sulfide) groups is 1. The molecule has 1 atom stereocenters. The molecular weight excluding hydrogens is 264 g/mol. The van der Waals surface area contributed by atoms with E-state index in [2.05, 4.69) is 4.98 Å². The summed E-state index contributed by atoms with van der Waals surface area (Å²) in [7, 11) is 0. The highest BCUT2D eigenvalue weighted by Crippen LogP contribution is 2.30. The average Bonchev–Trinajstić information content (AvgIpc) is 2.84. The predicted molar refractivity (Wildman–Crippen MR) is 63.1 cm³/mol. The molecule has 1 aromatic heterocycles. The molecule has 1 aliphatic heterocycles. The summed E-state index contributed by atoms with van der Waals surface area (Å²) in [5.74, 6) is -1.89. The quantitative estimate of drug-likeness (QED) is 0.807. The van der Waals surface area contributed by atoms with Crippen molar-refractivity contribution in [3.63, 3.8) is 0 Å². The summed E-state index contributed by atoms with van der Waals surface area (Å²) in [4.78, 5) is 38.9. The Labute approximate surface area is 105 Å². The molecule has 0 aliphatic carbocycles. The van der Waals surface area contributed by atoms with Crippen molar-refractivity contribution in [3.05, 3.63) is 11.6 Å². The van der Waals surface area contributed by atoms with Gasteiger partial charge in [-0.3, -0.25) is 14.4 Å². The Balaban J connectivity index is 2.09. The first-order valence-corrected chi connectivity index (χ1v) is 6.62. The zero-order valence-corrected chi connectivity index (χ0v) is 10.2. The average molecular weight is 272 g/mol. The first-order chi connectivity index (χ1) is 8.09. The molecule has 2 rings (SSSR count). The fourth-order valence-corrected chi connectivity index (χ4v) is 2.95. The Morgan fingerprint density at radius 3 is 3.00 bits per heavy atom. The van der Waals surface area contributed by atoms with Gasteiger partial charge in [-0.05, 0) is 0 Å². The van der Waals surface area contributed by atoms with Gasteiger partial charge in [0.2, 0.25) is 11.8 Å². The number of hydrogen-bond donors (Lipinski definition) is 1. The fraction of sp³-hybridized carbons (Fsp3) is 0.333. The highest BCUT2D eigenvalue weighted by molar-refractivity contribution is 8.01. The monoisotopic (exact) mass is 272 g/mol. The van der Waals surface area contributed by atoms with Gasteiger partial charge in [0.15, 0.2) is 5.13 Å². The number of aliphatic carboxylic acids is 1. The highest BCUT2D eigenvalue weighted by atomic mass is 32.2. The number of thiazole rings is 1. The summed E-state index contributed by atoms with van der Waals surface area (Å²) in [5.41, 5.74) is 0. The van der Waals surface area contributed by atoms with Gasteiger partial charge in [-0.25, -0.2) is 9.88 Å². The Bertz CT molecular complexity index is 460. The van der Waals surface area contributed by atoms with Gasteiger partial charge in [-0.2, -0.15) is 0 Å². The molecule has 1 aromatic rings. The molecule has 17 heavy (non-hydrogen) atoms. The van der Waals surface area contributed by atoms with Crippen molar-refractivity contribution >= 4 is 46.0 Å². The van der Waals surface area contributed by atoms with E-state index in [0.717, 1.165) is 16.7 Å². The van der Waals surface area contributed by atoms with Crippen molar-refractivity contribution in [2.75, 3.05) is 10.7 Å². The van der Waals surface area contributed by atoms with E-state index in [1.54, 1.807) is 5.38 Å². The molecule has 2 amide bonds. The number of amides is 2. The highest BCUT2D eigenvalue weighted by Gasteiger charge is 2.41. The van der Waals surface area contributed by atoms with Crippen molar-refractivity contribution in [2.24, 2.45) is 0 Å². The van der Waals surface area contributed by atoms with Crippen LogP contribution in [0.25, 0.3) is 0 Å². The van der Waals surface area contributed by atoms with Crippen LogP contribution in [0.3, 0.4) is 0 Å². The molecule has 0 bridgehead atoms. The zero-order chi connectivity index (χ0) is 12.4. The van der Waals surface area contributed by atoms with Gasteiger partial charge in [-0.1, -0.05) is 0 Å². The maximum absolute atomic E-state index is 11.9. The molecule has 2 heterocycles. The van der Waals surface area contributed by atoms with Crippen LogP contribution in [0.4, 0.5) is 5.13 Å². The number of carbonyl (C=O) groups is 3. The van der Waals surface area contributed by atoms with E-state index in [1.165, 1.54) is 17.5 Å². The lowest BCUT2D eigenvalue weighted by atomic mass is 10.4. The van der Waals surface area contributed by atoms with E-state index in [9.17, 15) is 14.4 Å². The third kappa shape index (κ3) is 2.47. The molecule has 0 aromatic carbocycles. The minimum absolute atomic E-state index is 0.0381. The Morgan fingerprint density at radius 1 is 1.65 bits per heavy atom. The minimum atomic E-state index is -0.997. The first-order valence-electron chi connectivity index (χ1n) is 4.69. The van der Waals surface area contributed by atoms with Crippen molar-refractivity contribution in [3.8, 4) is 0 Å². The van der Waals surface area contributed by atoms with Crippen LogP contribution in [0.5, 0.6) is 0 Å². The number of imide groups is 1. The second kappa shape index (κ2) is 4.84. The molecule has 90 valence electrons. The Kier molecular flexibility index (Phi) is 3.43. The van der Waals surface area contributed by atoms with Gasteiger partial charge in [0.05, 0.1) is 11.0 Å². The standard InChI is InChI=1S/C9H8N2O4S2/c12-6-3-5(17-4-7(13)14)8(15)11(6)9-10-1-2-16-9/h1-2,5H,3-4H2,(H,13,14). The number of nitrogens with zero attached hydrogens (tertiary/aromatic N) is 2. The molecule has 0 spiro atoms. The van der Waals surface area contributed by atoms with Gasteiger partial charge < -0.3 is 5.11 Å². The van der Waals surface area contributed by atoms with Gasteiger partial charge >= 0.3 is 5.97 Å². The molecule has 0 saturated carbocycles. The SMILES string of the molecule is O=C(O)CSC1CC(=O)N(c2nccs2)C1=O. The maximum Gasteiger partial charge on any atom is 0.313 e. The van der Waals surface area contributed by atoms with Crippen molar-refractivity contribution in [2.45, 2.75) is 11.7 Å². The lowest BCUT2D eigenvalue weighted by Gasteiger charge is -2.10. The molecule has 1 aliphatic rings. The Morgan fingerprint density at radius 2 is 2.41 bits per heavy atom. The lowest BCUT2D eigenvalue weighted by Crippen LogP contribution is -2.31. The van der Waals surface area contributed by atoms with Gasteiger partial charge in [0.25, 0.3) is 0 Å². The van der Waals surface area contributed by atoms with E-state index >= 15 is 0 Å². The van der Waals surface area contributed by atoms with Gasteiger partial charge in [-0.15, -0.1) is 23.1 Å². The number of rotatable bonds is 4. The minimum Gasteiger partial charge on any atom is -0.481 e. The van der Waals surface area contributed by atoms with Crippen molar-refractivity contribution in [1.29, 1.82) is 0 Å². The molecule has 1 unspecified atom stereocenters. The number of aromatic nitrogens is 1. The summed E-state index contributed by atoms with van der Waals surface area (Å²) in [6, 6.07) is 0. The van der Waals surface area contributed by atoms with Gasteiger partial charge in [0.1, 0.15) is 0 Å². The number of carboxylic acids is 1. The number of carbonyl (C=O) groups excluding carboxylic acids is 2. The Hall–Kier alpha value is -1.41. The molecule has 1 N–H and O–H groups in total. The molecule has 8 heteroatoms. The summed E-state index contributed by atoms with van der Waals surface area (Å²) < 4.78 is 0. The van der Waals surface area contributed by atoms with Crippen molar-refractivity contribution in [1.82, 2.24) is 4.98 Å². The van der Waals surface area contributed by atoms with Crippen LogP contribution in [0, 0.1) is 0 Å². The van der Waals surface area contributed by atoms with Crippen molar-refractivity contribution < 1.29 is 19.5 Å². The van der Waals surface area contributed by atoms with E-state index < -0.39 is 11.2 Å². The van der Waals surface area contributed by atoms with Crippen LogP contribution in [0.1, 0.15) is 6.42 Å². The third-order valence-corrected chi connectivity index (χ3v) is 4.06. The topological polar surface area (TPSA) is 87.6 Å². The molecular formula is C9H8N2O4S2. The van der Waals surface area contributed by atoms with Crippen LogP contribution in [0.15, 0.2) is 11.6 Å². The number of anilines is 1. The van der Waals surface area contributed by atoms with Crippen LogP contribution in [0.2, 0.25) is 0 Å². The van der Waals surface area contributed by atoms with Crippen LogP contribution in [-0.2, 0) is 14.4 Å². The zero-order valence-electron chi connectivity index (χ0n) is 8.53. The smallest absolute Gasteiger partial charge is 0.313 e. The van der Waals surface area contributed by atoms with E-state index in [0.29, 0.717) is 5.13 Å². The lowest BCUT2D eigenvalue weighted by molar-refractivity contribution is -0.134. The summed E-state index contributed by atoms with van der Waals surface area (Å²) >= 11 is 2.17. The summed E-state index contributed by atoms with van der Waals surface area (Å²) in [6.07, 6.45) is 1.55. The normalized spacial score (nSPS) is 20.0. The molecule has 1 fully saturated rings. The van der Waals surface area contributed by atoms with E-state index in [-0.39, 0.29) is 24.0 Å². The summed E-state index contributed by atoms with van der Waals surface area (Å²) in [6.45, 7) is 0. The molecule has 6 nitrogen and oxygen atoms in total. The summed E-state index contributed by atoms with van der Waals surface area (Å²) in [5, 5.41) is 9.95. The first kappa shape index (κ1) is 12.1.